The van der Waals surface area contributed by atoms with Crippen molar-refractivity contribution in [3.05, 3.63) is 104 Å². The highest BCUT2D eigenvalue weighted by atomic mass is 79.9. The second kappa shape index (κ2) is 29.3. The third-order valence-electron chi connectivity index (χ3n) is 17.0. The lowest BCUT2D eigenvalue weighted by Crippen LogP contribution is -2.41. The number of fused-ring (bicyclic) bond motifs is 6. The van der Waals surface area contributed by atoms with E-state index in [-0.39, 0.29) is 40.7 Å². The van der Waals surface area contributed by atoms with Crippen LogP contribution in [0.4, 0.5) is 0 Å². The number of halogens is 2. The molecule has 0 spiro atoms. The lowest BCUT2D eigenvalue weighted by Gasteiger charge is -2.33. The summed E-state index contributed by atoms with van der Waals surface area (Å²) in [5, 5.41) is 0. The molecule has 2 fully saturated rings. The molecule has 2 saturated heterocycles. The molecule has 4 aromatic carbocycles. The number of methoxy groups -OCH3 is 4. The van der Waals surface area contributed by atoms with E-state index >= 15 is 0 Å². The van der Waals surface area contributed by atoms with Gasteiger partial charge >= 0.3 is 14.2 Å². The summed E-state index contributed by atoms with van der Waals surface area (Å²) in [5.41, 5.74) is 10.9. The molecule has 79 heavy (non-hydrogen) atoms. The zero-order chi connectivity index (χ0) is 56.2. The smallest absolute Gasteiger partial charge is 0.399 e. The van der Waals surface area contributed by atoms with Crippen LogP contribution in [0, 0.1) is 0 Å². The molecule has 0 aromatic heterocycles. The van der Waals surface area contributed by atoms with Gasteiger partial charge in [-0.05, 0) is 186 Å². The Morgan fingerprint density at radius 3 is 0.873 bits per heavy atom. The molecule has 436 valence electrons. The molecule has 0 atom stereocenters. The Morgan fingerprint density at radius 2 is 0.608 bits per heavy atom. The zero-order valence-corrected chi connectivity index (χ0v) is 52.1. The maximum atomic E-state index is 6.45. The van der Waals surface area contributed by atoms with E-state index < -0.39 is 14.2 Å². The maximum absolute atomic E-state index is 6.45. The van der Waals surface area contributed by atoms with Gasteiger partial charge in [-0.1, -0.05) is 87.8 Å². The van der Waals surface area contributed by atoms with Crippen molar-refractivity contribution in [3.63, 3.8) is 0 Å². The SMILES string of the molecule is C.COCCOCCCC1(CCCOCCOC)c2cc(Br)ccc2-c2ccc(B3OC(C)(C)C(C)(C)O3)cc21.COCCOCCCC1(CCCOCCOC)c2cc(Br)ccc2-c2ccc(B3OC(C)(C)C(C)(C)O3)cc21. The van der Waals surface area contributed by atoms with E-state index in [0.717, 1.165) is 71.2 Å². The van der Waals surface area contributed by atoms with E-state index in [0.29, 0.717) is 79.3 Å². The van der Waals surface area contributed by atoms with Crippen LogP contribution in [0.5, 0.6) is 0 Å². The molecule has 8 rings (SSSR count). The van der Waals surface area contributed by atoms with Crippen LogP contribution >= 0.6 is 31.9 Å². The molecule has 0 saturated carbocycles. The van der Waals surface area contributed by atoms with Gasteiger partial charge in [0.2, 0.25) is 0 Å². The van der Waals surface area contributed by atoms with Crippen molar-refractivity contribution in [1.82, 2.24) is 0 Å². The largest absolute Gasteiger partial charge is 0.494 e. The molecule has 2 aliphatic carbocycles. The van der Waals surface area contributed by atoms with Gasteiger partial charge in [-0.25, -0.2) is 0 Å². The van der Waals surface area contributed by atoms with Crippen LogP contribution in [-0.4, -0.2) is 144 Å². The molecule has 12 nitrogen and oxygen atoms in total. The standard InChI is InChI=1S/2C31H44BBrO6.CH4/c2*1-29(2)30(3,4)39-32(38-29)23-9-11-25-26-12-10-24(33)22-28(26)31(27(25)21-23,13-7-15-36-19-17-34-5)14-8-16-37-20-18-35-6;/h2*9-12,21-22H,7-8,13-20H2,1-6H3;1H4. The number of hydrogen-bond acceptors (Lipinski definition) is 12. The predicted octanol–water partition coefficient (Wildman–Crippen LogP) is 12.4. The summed E-state index contributed by atoms with van der Waals surface area (Å²) in [6, 6.07) is 26.9. The molecule has 0 amide bonds. The first-order chi connectivity index (χ1) is 37.3. The Morgan fingerprint density at radius 1 is 0.354 bits per heavy atom. The quantitative estimate of drug-likeness (QED) is 0.0366. The van der Waals surface area contributed by atoms with Crippen LogP contribution in [0.3, 0.4) is 0 Å². The lowest BCUT2D eigenvalue weighted by atomic mass is 9.69. The monoisotopic (exact) mass is 1220 g/mol. The van der Waals surface area contributed by atoms with Gasteiger partial charge in [0.1, 0.15) is 0 Å². The van der Waals surface area contributed by atoms with Gasteiger partial charge in [0.25, 0.3) is 0 Å². The molecule has 4 aliphatic rings. The van der Waals surface area contributed by atoms with E-state index in [1.54, 1.807) is 28.4 Å². The Hall–Kier alpha value is -2.51. The Balaban J connectivity index is 0.000000252. The number of hydrogen-bond donors (Lipinski definition) is 0. The van der Waals surface area contributed by atoms with Crippen LogP contribution in [0.15, 0.2) is 81.7 Å². The average molecular weight is 1220 g/mol. The molecule has 2 heterocycles. The van der Waals surface area contributed by atoms with Crippen molar-refractivity contribution in [2.75, 3.05) is 108 Å². The Bertz CT molecular complexity index is 2320. The van der Waals surface area contributed by atoms with E-state index in [4.69, 9.17) is 56.5 Å². The van der Waals surface area contributed by atoms with E-state index in [2.05, 4.69) is 160 Å². The molecule has 0 N–H and O–H groups in total. The molecular weight excluding hydrogens is 1130 g/mol. The van der Waals surface area contributed by atoms with Crippen LogP contribution in [0.25, 0.3) is 22.3 Å². The highest BCUT2D eigenvalue weighted by molar-refractivity contribution is 9.10. The lowest BCUT2D eigenvalue weighted by molar-refractivity contribution is 0.00578. The fraction of sp³-hybridized carbons (Fsp3) is 0.619. The minimum atomic E-state index is -0.400. The fourth-order valence-electron chi connectivity index (χ4n) is 11.4. The van der Waals surface area contributed by atoms with Gasteiger partial charge in [-0.3, -0.25) is 0 Å². The first kappa shape index (κ1) is 65.6. The molecule has 16 heteroatoms. The Kier molecular flexibility index (Phi) is 24.4. The zero-order valence-electron chi connectivity index (χ0n) is 48.9. The summed E-state index contributed by atoms with van der Waals surface area (Å²) >= 11 is 7.52. The summed E-state index contributed by atoms with van der Waals surface area (Å²) in [6.45, 7) is 24.5. The normalized spacial score (nSPS) is 18.2. The molecule has 2 aliphatic heterocycles. The first-order valence-electron chi connectivity index (χ1n) is 28.2. The average Bonchev–Trinajstić information content (AvgIpc) is 3.68. The van der Waals surface area contributed by atoms with Crippen molar-refractivity contribution in [3.8, 4) is 22.3 Å². The van der Waals surface area contributed by atoms with Crippen molar-refractivity contribution in [2.45, 2.75) is 147 Å². The Labute approximate surface area is 492 Å². The van der Waals surface area contributed by atoms with E-state index in [9.17, 15) is 0 Å². The number of benzene rings is 4. The van der Waals surface area contributed by atoms with Gasteiger partial charge in [0.15, 0.2) is 0 Å². The van der Waals surface area contributed by atoms with E-state index in [1.165, 1.54) is 44.5 Å². The summed E-state index contributed by atoms with van der Waals surface area (Å²) in [7, 11) is 6.01. The third kappa shape index (κ3) is 15.3. The summed E-state index contributed by atoms with van der Waals surface area (Å²) in [6.07, 6.45) is 7.67. The molecule has 4 aromatic rings. The highest BCUT2D eigenvalue weighted by Gasteiger charge is 2.54. The van der Waals surface area contributed by atoms with Gasteiger partial charge in [0, 0.05) is 74.6 Å². The minimum Gasteiger partial charge on any atom is -0.399 e. The first-order valence-corrected chi connectivity index (χ1v) is 29.8. The molecule has 0 unspecified atom stereocenters. The molecule has 0 bridgehead atoms. The van der Waals surface area contributed by atoms with Crippen molar-refractivity contribution < 1.29 is 56.5 Å². The van der Waals surface area contributed by atoms with Crippen LogP contribution < -0.4 is 10.9 Å². The number of ether oxygens (including phenoxy) is 8. The summed E-state index contributed by atoms with van der Waals surface area (Å²) in [5.74, 6) is 0. The van der Waals surface area contributed by atoms with Crippen LogP contribution in [-0.2, 0) is 67.3 Å². The van der Waals surface area contributed by atoms with Gasteiger partial charge in [-0.2, -0.15) is 0 Å². The van der Waals surface area contributed by atoms with Gasteiger partial charge < -0.3 is 56.5 Å². The second-order valence-electron chi connectivity index (χ2n) is 23.2. The van der Waals surface area contributed by atoms with Crippen molar-refractivity contribution in [1.29, 1.82) is 0 Å². The van der Waals surface area contributed by atoms with Crippen LogP contribution in [0.1, 0.15) is 136 Å². The van der Waals surface area contributed by atoms with Crippen molar-refractivity contribution >= 4 is 57.0 Å². The maximum Gasteiger partial charge on any atom is 0.494 e. The predicted molar refractivity (Wildman–Crippen MR) is 327 cm³/mol. The van der Waals surface area contributed by atoms with Gasteiger partial charge in [-0.15, -0.1) is 0 Å². The second-order valence-corrected chi connectivity index (χ2v) is 25.0. The van der Waals surface area contributed by atoms with E-state index in [1.807, 2.05) is 0 Å². The summed E-state index contributed by atoms with van der Waals surface area (Å²) < 4.78 is 72.2. The molecule has 0 radical (unpaired) electrons. The molecular formula is C63H92B2Br2O12. The minimum absolute atomic E-state index is 0. The topological polar surface area (TPSA) is 111 Å². The fourth-order valence-corrected chi connectivity index (χ4v) is 12.2. The van der Waals surface area contributed by atoms with Crippen molar-refractivity contribution in [2.24, 2.45) is 0 Å². The third-order valence-corrected chi connectivity index (χ3v) is 18.0. The number of rotatable bonds is 30. The van der Waals surface area contributed by atoms with Crippen LogP contribution in [0.2, 0.25) is 0 Å². The highest BCUT2D eigenvalue weighted by Crippen LogP contribution is 2.56. The summed E-state index contributed by atoms with van der Waals surface area (Å²) in [4.78, 5) is 0. The van der Waals surface area contributed by atoms with Gasteiger partial charge in [0.05, 0.1) is 75.3 Å².